The normalized spacial score (nSPS) is 24.4. The van der Waals surface area contributed by atoms with Gasteiger partial charge in [0.1, 0.15) is 6.61 Å². The van der Waals surface area contributed by atoms with Gasteiger partial charge in [0, 0.05) is 20.2 Å². The molecule has 0 radical (unpaired) electrons. The molecule has 1 fully saturated rings. The highest BCUT2D eigenvalue weighted by Gasteiger charge is 2.33. The maximum Gasteiger partial charge on any atom is 0.248 e. The predicted molar refractivity (Wildman–Crippen MR) is 59.7 cm³/mol. The number of carbonyl (C=O) groups excluding carboxylic acids is 1. The van der Waals surface area contributed by atoms with Crippen molar-refractivity contribution < 1.29 is 17.9 Å². The Labute approximate surface area is 95.7 Å². The zero-order valence-electron chi connectivity index (χ0n) is 9.39. The second kappa shape index (κ2) is 5.60. The van der Waals surface area contributed by atoms with Crippen molar-refractivity contribution in [3.05, 3.63) is 0 Å². The van der Waals surface area contributed by atoms with E-state index in [2.05, 4.69) is 0 Å². The molecular formula is C9H18N2O4S. The first-order valence-corrected chi connectivity index (χ1v) is 6.91. The fraction of sp³-hybridized carbons (Fsp3) is 0.889. The quantitative estimate of drug-likeness (QED) is 0.663. The Morgan fingerprint density at radius 3 is 2.81 bits per heavy atom. The molecule has 0 aromatic carbocycles. The molecule has 1 unspecified atom stereocenters. The molecule has 0 aromatic rings. The number of carbonyl (C=O) groups is 1. The van der Waals surface area contributed by atoms with Gasteiger partial charge in [0.15, 0.2) is 9.84 Å². The van der Waals surface area contributed by atoms with Gasteiger partial charge in [0.2, 0.25) is 5.91 Å². The lowest BCUT2D eigenvalue weighted by atomic mass is 10.2. The Bertz CT molecular complexity index is 341. The van der Waals surface area contributed by atoms with E-state index in [9.17, 15) is 13.2 Å². The smallest absolute Gasteiger partial charge is 0.248 e. The molecule has 0 saturated carbocycles. The summed E-state index contributed by atoms with van der Waals surface area (Å²) in [4.78, 5) is 13.1. The third-order valence-electron chi connectivity index (χ3n) is 2.69. The van der Waals surface area contributed by atoms with Gasteiger partial charge in [-0.2, -0.15) is 0 Å². The van der Waals surface area contributed by atoms with Crippen molar-refractivity contribution in [2.75, 3.05) is 39.1 Å². The number of methoxy groups -OCH3 is 1. The van der Waals surface area contributed by atoms with Gasteiger partial charge < -0.3 is 15.4 Å². The summed E-state index contributed by atoms with van der Waals surface area (Å²) < 4.78 is 28.1. The summed E-state index contributed by atoms with van der Waals surface area (Å²) in [6, 6.07) is 0. The van der Waals surface area contributed by atoms with Crippen LogP contribution in [0, 0.1) is 0 Å². The van der Waals surface area contributed by atoms with E-state index in [1.165, 1.54) is 12.0 Å². The molecule has 16 heavy (non-hydrogen) atoms. The van der Waals surface area contributed by atoms with Gasteiger partial charge in [-0.05, 0) is 13.0 Å². The van der Waals surface area contributed by atoms with E-state index in [0.717, 1.165) is 0 Å². The molecule has 1 rings (SSSR count). The molecule has 1 aliphatic heterocycles. The average Bonchev–Trinajstić information content (AvgIpc) is 2.21. The Kier molecular flexibility index (Phi) is 4.69. The van der Waals surface area contributed by atoms with Gasteiger partial charge in [0.25, 0.3) is 0 Å². The first-order valence-electron chi connectivity index (χ1n) is 5.19. The molecule has 0 aromatic heterocycles. The highest BCUT2D eigenvalue weighted by Crippen LogP contribution is 2.15. The van der Waals surface area contributed by atoms with Crippen LogP contribution in [0.3, 0.4) is 0 Å². The van der Waals surface area contributed by atoms with E-state index in [4.69, 9.17) is 10.5 Å². The van der Waals surface area contributed by atoms with Crippen LogP contribution in [-0.2, 0) is 19.4 Å². The van der Waals surface area contributed by atoms with E-state index in [0.29, 0.717) is 13.0 Å². The van der Waals surface area contributed by atoms with Gasteiger partial charge >= 0.3 is 0 Å². The lowest BCUT2D eigenvalue weighted by Crippen LogP contribution is -2.50. The molecule has 0 spiro atoms. The van der Waals surface area contributed by atoms with Crippen LogP contribution >= 0.6 is 0 Å². The van der Waals surface area contributed by atoms with Crippen LogP contribution in [0.2, 0.25) is 0 Å². The number of hydrogen-bond donors (Lipinski definition) is 1. The third kappa shape index (κ3) is 3.16. The summed E-state index contributed by atoms with van der Waals surface area (Å²) in [6.07, 6.45) is 0.402. The highest BCUT2D eigenvalue weighted by atomic mass is 32.2. The molecule has 0 aliphatic carbocycles. The Morgan fingerprint density at radius 2 is 2.25 bits per heavy atom. The molecule has 6 nitrogen and oxygen atoms in total. The van der Waals surface area contributed by atoms with Crippen LogP contribution < -0.4 is 5.73 Å². The number of ether oxygens (including phenoxy) is 1. The predicted octanol–water partition coefficient (Wildman–Crippen LogP) is -1.39. The molecular weight excluding hydrogens is 232 g/mol. The number of rotatable bonds is 4. The molecule has 1 aliphatic rings. The topological polar surface area (TPSA) is 89.7 Å². The van der Waals surface area contributed by atoms with Crippen molar-refractivity contribution in [1.82, 2.24) is 4.90 Å². The van der Waals surface area contributed by atoms with Gasteiger partial charge in [0.05, 0.1) is 11.0 Å². The minimum Gasteiger partial charge on any atom is -0.375 e. The van der Waals surface area contributed by atoms with Crippen molar-refractivity contribution in [3.8, 4) is 0 Å². The summed E-state index contributed by atoms with van der Waals surface area (Å²) >= 11 is 0. The van der Waals surface area contributed by atoms with Crippen LogP contribution in [0.15, 0.2) is 0 Å². The van der Waals surface area contributed by atoms with E-state index >= 15 is 0 Å². The largest absolute Gasteiger partial charge is 0.375 e. The number of nitrogens with two attached hydrogens (primary N) is 1. The number of sulfone groups is 1. The Hall–Kier alpha value is -0.660. The molecule has 1 amide bonds. The second-order valence-corrected chi connectivity index (χ2v) is 6.24. The molecule has 1 saturated heterocycles. The van der Waals surface area contributed by atoms with Crippen molar-refractivity contribution in [1.29, 1.82) is 0 Å². The minimum atomic E-state index is -3.08. The fourth-order valence-corrected chi connectivity index (χ4v) is 3.46. The molecule has 94 valence electrons. The van der Waals surface area contributed by atoms with Crippen LogP contribution in [-0.4, -0.2) is 63.6 Å². The van der Waals surface area contributed by atoms with Crippen LogP contribution in [0.5, 0.6) is 0 Å². The Balaban J connectivity index is 2.65. The van der Waals surface area contributed by atoms with Crippen molar-refractivity contribution in [3.63, 3.8) is 0 Å². The van der Waals surface area contributed by atoms with Gasteiger partial charge in [-0.3, -0.25) is 4.79 Å². The fourth-order valence-electron chi connectivity index (χ4n) is 1.75. The molecule has 1 atom stereocenters. The van der Waals surface area contributed by atoms with Gasteiger partial charge in [-0.1, -0.05) is 0 Å². The monoisotopic (exact) mass is 250 g/mol. The van der Waals surface area contributed by atoms with Crippen molar-refractivity contribution in [2.45, 2.75) is 11.7 Å². The maximum absolute atomic E-state index is 11.7. The third-order valence-corrected chi connectivity index (χ3v) is 4.84. The number of amides is 1. The summed E-state index contributed by atoms with van der Waals surface area (Å²) in [5.41, 5.74) is 5.37. The molecule has 7 heteroatoms. The zero-order valence-corrected chi connectivity index (χ0v) is 10.2. The van der Waals surface area contributed by atoms with Crippen molar-refractivity contribution >= 4 is 15.7 Å². The zero-order chi connectivity index (χ0) is 12.2. The Morgan fingerprint density at radius 1 is 1.56 bits per heavy atom. The number of nitrogens with zero attached hydrogens (tertiary/aromatic N) is 1. The number of hydrogen-bond acceptors (Lipinski definition) is 5. The summed E-state index contributed by atoms with van der Waals surface area (Å²) in [6.45, 7) is 0.804. The first-order chi connectivity index (χ1) is 7.51. The SMILES string of the molecule is COCC(=O)N1CCS(=O)(=O)C(CCN)C1. The standard InChI is InChI=1S/C9H18N2O4S/c1-15-7-9(12)11-4-5-16(13,14)8(6-11)2-3-10/h8H,2-7,10H2,1H3. The first kappa shape index (κ1) is 13.4. The van der Waals surface area contributed by atoms with Gasteiger partial charge in [-0.25, -0.2) is 8.42 Å². The van der Waals surface area contributed by atoms with Crippen LogP contribution in [0.4, 0.5) is 0 Å². The van der Waals surface area contributed by atoms with Crippen LogP contribution in [0.25, 0.3) is 0 Å². The lowest BCUT2D eigenvalue weighted by Gasteiger charge is -2.32. The lowest BCUT2D eigenvalue weighted by molar-refractivity contribution is -0.135. The van der Waals surface area contributed by atoms with E-state index in [1.807, 2.05) is 0 Å². The minimum absolute atomic E-state index is 0.00457. The summed E-state index contributed by atoms with van der Waals surface area (Å²) in [5, 5.41) is -0.521. The van der Waals surface area contributed by atoms with Gasteiger partial charge in [-0.15, -0.1) is 0 Å². The second-order valence-electron chi connectivity index (χ2n) is 3.84. The molecule has 2 N–H and O–H groups in total. The average molecular weight is 250 g/mol. The van der Waals surface area contributed by atoms with E-state index in [1.54, 1.807) is 0 Å². The highest BCUT2D eigenvalue weighted by molar-refractivity contribution is 7.92. The van der Waals surface area contributed by atoms with Crippen LogP contribution in [0.1, 0.15) is 6.42 Å². The van der Waals surface area contributed by atoms with E-state index < -0.39 is 15.1 Å². The molecule has 1 heterocycles. The molecule has 0 bridgehead atoms. The summed E-state index contributed by atoms with van der Waals surface area (Å²) in [7, 11) is -1.64. The van der Waals surface area contributed by atoms with E-state index in [-0.39, 0.29) is 31.4 Å². The summed E-state index contributed by atoms with van der Waals surface area (Å²) in [5.74, 6) is -0.146. The van der Waals surface area contributed by atoms with Crippen molar-refractivity contribution in [2.24, 2.45) is 5.73 Å². The maximum atomic E-state index is 11.7.